The molecule has 5 rings (SSSR count). The van der Waals surface area contributed by atoms with Gasteiger partial charge in [0.15, 0.2) is 5.78 Å². The number of hydrogen-bond acceptors (Lipinski definition) is 4. The van der Waals surface area contributed by atoms with Gasteiger partial charge in [0.1, 0.15) is 17.4 Å². The van der Waals surface area contributed by atoms with Gasteiger partial charge < -0.3 is 5.11 Å². The Kier molecular flexibility index (Phi) is 3.49. The molecule has 1 heterocycles. The van der Waals surface area contributed by atoms with Gasteiger partial charge in [-0.1, -0.05) is 18.2 Å². The van der Waals surface area contributed by atoms with E-state index in [4.69, 9.17) is 0 Å². The third kappa shape index (κ3) is 2.15. The second-order valence-electron chi connectivity index (χ2n) is 6.64. The highest BCUT2D eigenvalue weighted by Crippen LogP contribution is 2.52. The van der Waals surface area contributed by atoms with Crippen LogP contribution in [0.2, 0.25) is 0 Å². The van der Waals surface area contributed by atoms with E-state index in [-0.39, 0.29) is 22.5 Å². The van der Waals surface area contributed by atoms with Crippen LogP contribution in [0.1, 0.15) is 27.0 Å². The fraction of sp³-hybridized carbons (Fsp3) is 0. The number of rotatable bonds is 0. The van der Waals surface area contributed by atoms with Crippen molar-refractivity contribution in [3.8, 4) is 23.1 Å². The molecule has 0 fully saturated rings. The van der Waals surface area contributed by atoms with Crippen molar-refractivity contribution in [2.45, 2.75) is 0 Å². The molecule has 0 saturated heterocycles. The van der Waals surface area contributed by atoms with E-state index in [2.05, 4.69) is 4.98 Å². The van der Waals surface area contributed by atoms with Gasteiger partial charge in [-0.15, -0.1) is 0 Å². The van der Waals surface area contributed by atoms with E-state index in [9.17, 15) is 23.9 Å². The third-order valence-electron chi connectivity index (χ3n) is 5.18. The molecule has 0 radical (unpaired) electrons. The highest BCUT2D eigenvalue weighted by Gasteiger charge is 2.40. The van der Waals surface area contributed by atoms with Crippen LogP contribution in [0.5, 0.6) is 5.75 Å². The lowest BCUT2D eigenvalue weighted by Crippen LogP contribution is -2.02. The van der Waals surface area contributed by atoms with Gasteiger partial charge in [-0.25, -0.2) is 8.78 Å². The van der Waals surface area contributed by atoms with Crippen molar-refractivity contribution in [2.75, 3.05) is 0 Å². The Labute approximate surface area is 163 Å². The van der Waals surface area contributed by atoms with Crippen LogP contribution in [0, 0.1) is 23.0 Å². The van der Waals surface area contributed by atoms with E-state index in [1.165, 1.54) is 6.07 Å². The standard InChI is InChI=1S/C23H10F2N2O2/c24-14-6-7-15(25)21-18(14)12(8-9-26)20(23(21)29)17-11-3-1-5-16(28)19(11)22-13(17)4-2-10-27-22/h1-8,10,28H/b12-8?,20-17-. The first-order valence-corrected chi connectivity index (χ1v) is 8.70. The number of benzene rings is 2. The Bertz CT molecular complexity index is 1360. The number of ketones is 1. The number of fused-ring (bicyclic) bond motifs is 4. The summed E-state index contributed by atoms with van der Waals surface area (Å²) in [4.78, 5) is 17.6. The molecule has 0 spiro atoms. The summed E-state index contributed by atoms with van der Waals surface area (Å²) in [5.74, 6) is -2.37. The number of Topliss-reactive ketones (excluding diaryl/α,β-unsaturated/α-hetero) is 1. The van der Waals surface area contributed by atoms with Crippen LogP contribution in [0.3, 0.4) is 0 Å². The summed E-state index contributed by atoms with van der Waals surface area (Å²) >= 11 is 0. The van der Waals surface area contributed by atoms with Gasteiger partial charge in [0.05, 0.1) is 22.9 Å². The van der Waals surface area contributed by atoms with Crippen molar-refractivity contribution in [1.82, 2.24) is 4.98 Å². The van der Waals surface area contributed by atoms with E-state index in [1.54, 1.807) is 30.5 Å². The molecular formula is C23H10F2N2O2. The second kappa shape index (κ2) is 5.94. The van der Waals surface area contributed by atoms with Crippen LogP contribution in [0.15, 0.2) is 60.3 Å². The lowest BCUT2D eigenvalue weighted by molar-refractivity contribution is 0.104. The topological polar surface area (TPSA) is 74.0 Å². The number of pyridine rings is 1. The summed E-state index contributed by atoms with van der Waals surface area (Å²) in [7, 11) is 0. The van der Waals surface area contributed by atoms with E-state index in [0.717, 1.165) is 18.2 Å². The number of aromatic nitrogens is 1. The first-order valence-electron chi connectivity index (χ1n) is 8.70. The molecule has 2 aromatic carbocycles. The minimum absolute atomic E-state index is 0.0177. The molecule has 6 heteroatoms. The zero-order valence-electron chi connectivity index (χ0n) is 14.7. The number of nitrogens with zero attached hydrogens (tertiary/aromatic N) is 2. The highest BCUT2D eigenvalue weighted by molar-refractivity contribution is 6.32. The Hall–Kier alpha value is -4.11. The fourth-order valence-electron chi connectivity index (χ4n) is 4.08. The summed E-state index contributed by atoms with van der Waals surface area (Å²) < 4.78 is 29.1. The quantitative estimate of drug-likeness (QED) is 0.354. The van der Waals surface area contributed by atoms with Crippen LogP contribution in [0.25, 0.3) is 22.4 Å². The summed E-state index contributed by atoms with van der Waals surface area (Å²) in [6.07, 6.45) is 2.60. The molecule has 0 bridgehead atoms. The molecule has 4 nitrogen and oxygen atoms in total. The van der Waals surface area contributed by atoms with Crippen molar-refractivity contribution in [1.29, 1.82) is 5.26 Å². The predicted octanol–water partition coefficient (Wildman–Crippen LogP) is 4.65. The van der Waals surface area contributed by atoms with Crippen molar-refractivity contribution in [2.24, 2.45) is 0 Å². The average molecular weight is 384 g/mol. The van der Waals surface area contributed by atoms with Crippen LogP contribution in [-0.2, 0) is 0 Å². The Morgan fingerprint density at radius 3 is 2.41 bits per heavy atom. The van der Waals surface area contributed by atoms with E-state index >= 15 is 0 Å². The third-order valence-corrected chi connectivity index (χ3v) is 5.18. The van der Waals surface area contributed by atoms with E-state index in [0.29, 0.717) is 28.0 Å². The van der Waals surface area contributed by atoms with Crippen molar-refractivity contribution in [3.63, 3.8) is 0 Å². The van der Waals surface area contributed by atoms with Crippen molar-refractivity contribution in [3.05, 3.63) is 94.2 Å². The molecule has 0 unspecified atom stereocenters. The lowest BCUT2D eigenvalue weighted by atomic mass is 9.93. The van der Waals surface area contributed by atoms with Crippen LogP contribution in [-0.4, -0.2) is 15.9 Å². The van der Waals surface area contributed by atoms with Crippen molar-refractivity contribution >= 4 is 16.9 Å². The number of hydrogen-bond donors (Lipinski definition) is 1. The maximum Gasteiger partial charge on any atom is 0.198 e. The molecule has 138 valence electrons. The first kappa shape index (κ1) is 17.0. The average Bonchev–Trinajstić information content (AvgIpc) is 3.19. The number of phenolic OH excluding ortho intramolecular Hbond substituents is 1. The Balaban J connectivity index is 1.96. The maximum absolute atomic E-state index is 14.6. The van der Waals surface area contributed by atoms with Gasteiger partial charge >= 0.3 is 0 Å². The SMILES string of the molecule is N#CC=C1/C(=C2/c3cccnc3-c3c(O)cccc32)C(=O)c2c(F)ccc(F)c21. The summed E-state index contributed by atoms with van der Waals surface area (Å²) in [5.41, 5.74) is 1.77. The molecule has 0 saturated carbocycles. The molecule has 2 aliphatic carbocycles. The predicted molar refractivity (Wildman–Crippen MR) is 102 cm³/mol. The van der Waals surface area contributed by atoms with Gasteiger partial charge in [-0.3, -0.25) is 9.78 Å². The van der Waals surface area contributed by atoms with Gasteiger partial charge in [0, 0.05) is 40.1 Å². The minimum Gasteiger partial charge on any atom is -0.507 e. The molecule has 1 aromatic heterocycles. The maximum atomic E-state index is 14.6. The van der Waals surface area contributed by atoms with Gasteiger partial charge in [-0.05, 0) is 29.8 Å². The molecule has 1 N–H and O–H groups in total. The Morgan fingerprint density at radius 2 is 1.66 bits per heavy atom. The summed E-state index contributed by atoms with van der Waals surface area (Å²) in [6, 6.07) is 11.9. The first-order chi connectivity index (χ1) is 14.0. The second-order valence-corrected chi connectivity index (χ2v) is 6.64. The zero-order valence-corrected chi connectivity index (χ0v) is 14.7. The van der Waals surface area contributed by atoms with Crippen LogP contribution < -0.4 is 0 Å². The Morgan fingerprint density at radius 1 is 0.931 bits per heavy atom. The summed E-state index contributed by atoms with van der Waals surface area (Å²) in [6.45, 7) is 0. The highest BCUT2D eigenvalue weighted by atomic mass is 19.1. The van der Waals surface area contributed by atoms with E-state index < -0.39 is 23.0 Å². The summed E-state index contributed by atoms with van der Waals surface area (Å²) in [5, 5.41) is 19.7. The van der Waals surface area contributed by atoms with E-state index in [1.807, 2.05) is 6.07 Å². The molecular weight excluding hydrogens is 374 g/mol. The number of nitriles is 1. The number of aromatic hydroxyl groups is 1. The molecule has 29 heavy (non-hydrogen) atoms. The number of halogens is 2. The normalized spacial score (nSPS) is 17.8. The molecule has 2 aliphatic rings. The molecule has 0 amide bonds. The monoisotopic (exact) mass is 384 g/mol. The van der Waals surface area contributed by atoms with Crippen LogP contribution >= 0.6 is 0 Å². The van der Waals surface area contributed by atoms with Gasteiger partial charge in [0.2, 0.25) is 0 Å². The number of phenols is 1. The number of allylic oxidation sites excluding steroid dienone is 3. The van der Waals surface area contributed by atoms with Crippen LogP contribution in [0.4, 0.5) is 8.78 Å². The van der Waals surface area contributed by atoms with Gasteiger partial charge in [0.25, 0.3) is 0 Å². The lowest BCUT2D eigenvalue weighted by Gasteiger charge is -2.09. The molecule has 3 aromatic rings. The number of carbonyl (C=O) groups excluding carboxylic acids is 1. The molecule has 0 aliphatic heterocycles. The zero-order chi connectivity index (χ0) is 20.3. The number of carbonyl (C=O) groups is 1. The molecule has 0 atom stereocenters. The largest absolute Gasteiger partial charge is 0.507 e. The minimum atomic E-state index is -0.855. The fourth-order valence-corrected chi connectivity index (χ4v) is 4.08. The van der Waals surface area contributed by atoms with Gasteiger partial charge in [-0.2, -0.15) is 5.26 Å². The van der Waals surface area contributed by atoms with Crippen molar-refractivity contribution < 1.29 is 18.7 Å². The smallest absolute Gasteiger partial charge is 0.198 e.